The minimum Gasteiger partial charge on any atom is -0.409 e. The fourth-order valence-electron chi connectivity index (χ4n) is 4.32. The number of carbonyl (C=O) groups is 1. The first-order valence-corrected chi connectivity index (χ1v) is 14.3. The van der Waals surface area contributed by atoms with Crippen molar-refractivity contribution in [2.24, 2.45) is 16.6 Å². The molecule has 12 nitrogen and oxygen atoms in total. The molecule has 9 N–H and O–H groups in total. The zero-order valence-electron chi connectivity index (χ0n) is 26.1. The van der Waals surface area contributed by atoms with Gasteiger partial charge in [-0.3, -0.25) is 14.2 Å². The number of halogens is 5. The Labute approximate surface area is 276 Å². The Balaban J connectivity index is 0.000000501. The van der Waals surface area contributed by atoms with Gasteiger partial charge in [-0.05, 0) is 67.4 Å². The number of alkyl halides is 3. The first-order chi connectivity index (χ1) is 23.1. The molecule has 0 fully saturated rings. The first kappa shape index (κ1) is 37.4. The third-order valence-corrected chi connectivity index (χ3v) is 6.66. The lowest BCUT2D eigenvalue weighted by Crippen LogP contribution is -2.35. The molecule has 4 aromatic rings. The number of carbonyl (C=O) groups excluding carboxylic acids is 1. The number of hydrogen-bond donors (Lipinski definition) is 6. The van der Waals surface area contributed by atoms with Gasteiger partial charge in [0, 0.05) is 30.4 Å². The topological polar surface area (TPSA) is 210 Å². The van der Waals surface area contributed by atoms with Crippen LogP contribution in [0.3, 0.4) is 0 Å². The van der Waals surface area contributed by atoms with Gasteiger partial charge in [-0.1, -0.05) is 17.3 Å². The molecule has 1 aromatic heterocycles. The van der Waals surface area contributed by atoms with Gasteiger partial charge in [0.25, 0.3) is 5.56 Å². The van der Waals surface area contributed by atoms with Crippen LogP contribution < -0.4 is 33.4 Å². The van der Waals surface area contributed by atoms with Crippen molar-refractivity contribution in [1.29, 1.82) is 5.26 Å². The van der Waals surface area contributed by atoms with Crippen molar-refractivity contribution in [3.63, 3.8) is 0 Å². The molecule has 3 aromatic carbocycles. The Bertz CT molecular complexity index is 1950. The molecule has 49 heavy (non-hydrogen) atoms. The SMILES string of the molecule is CC(C)Nc1ncc(-c2cc(N)cc(C(F)(F)F)c2)n(CC(=O)NCc2ccc(/C(N)=N/O)c(F)c2)c1=O.N#Cc1ccc(CN)cc1F. The third-order valence-electron chi connectivity index (χ3n) is 6.66. The average Bonchev–Trinajstić information content (AvgIpc) is 3.04. The molecule has 258 valence electrons. The van der Waals surface area contributed by atoms with Crippen LogP contribution in [-0.2, 0) is 30.6 Å². The molecule has 0 unspecified atom stereocenters. The number of hydrogen-bond acceptors (Lipinski definition) is 9. The molecule has 4 rings (SSSR count). The largest absolute Gasteiger partial charge is 0.416 e. The Morgan fingerprint density at radius 1 is 1.08 bits per heavy atom. The van der Waals surface area contributed by atoms with Gasteiger partial charge in [0.15, 0.2) is 11.7 Å². The van der Waals surface area contributed by atoms with Gasteiger partial charge in [-0.2, -0.15) is 18.4 Å². The number of amidine groups is 1. The molecule has 0 aliphatic carbocycles. The summed E-state index contributed by atoms with van der Waals surface area (Å²) < 4.78 is 68.1. The highest BCUT2D eigenvalue weighted by atomic mass is 19.4. The van der Waals surface area contributed by atoms with Crippen molar-refractivity contribution >= 4 is 23.2 Å². The number of aromatic nitrogens is 2. The summed E-state index contributed by atoms with van der Waals surface area (Å²) in [5.41, 5.74) is 15.2. The molecule has 0 spiro atoms. The summed E-state index contributed by atoms with van der Waals surface area (Å²) in [4.78, 5) is 30.0. The molecule has 0 radical (unpaired) electrons. The van der Waals surface area contributed by atoms with E-state index in [1.54, 1.807) is 26.0 Å². The van der Waals surface area contributed by atoms with E-state index >= 15 is 0 Å². The zero-order valence-corrected chi connectivity index (χ0v) is 26.1. The van der Waals surface area contributed by atoms with Crippen molar-refractivity contribution in [3.05, 3.63) is 111 Å². The van der Waals surface area contributed by atoms with E-state index in [-0.39, 0.29) is 46.5 Å². The quantitative estimate of drug-likeness (QED) is 0.0374. The van der Waals surface area contributed by atoms with Gasteiger partial charge >= 0.3 is 6.18 Å². The first-order valence-electron chi connectivity index (χ1n) is 14.3. The number of nitrogen functional groups attached to an aromatic ring is 1. The summed E-state index contributed by atoms with van der Waals surface area (Å²) in [5.74, 6) is -2.50. The summed E-state index contributed by atoms with van der Waals surface area (Å²) in [5, 5.41) is 25.2. The van der Waals surface area contributed by atoms with Gasteiger partial charge in [0.05, 0.1) is 28.6 Å². The van der Waals surface area contributed by atoms with Crippen LogP contribution in [0.4, 0.5) is 33.5 Å². The van der Waals surface area contributed by atoms with Crippen molar-refractivity contribution in [3.8, 4) is 17.3 Å². The van der Waals surface area contributed by atoms with Gasteiger partial charge < -0.3 is 33.0 Å². The van der Waals surface area contributed by atoms with Crippen molar-refractivity contribution in [2.45, 2.75) is 45.7 Å². The van der Waals surface area contributed by atoms with E-state index < -0.39 is 47.2 Å². The third kappa shape index (κ3) is 9.98. The van der Waals surface area contributed by atoms with Crippen LogP contribution in [0.25, 0.3) is 11.3 Å². The van der Waals surface area contributed by atoms with Crippen LogP contribution in [-0.4, -0.2) is 32.5 Å². The lowest BCUT2D eigenvalue weighted by molar-refractivity contribution is -0.137. The molecule has 0 aliphatic heterocycles. The predicted octanol–water partition coefficient (Wildman–Crippen LogP) is 4.04. The predicted molar refractivity (Wildman–Crippen MR) is 172 cm³/mol. The second-order valence-corrected chi connectivity index (χ2v) is 10.7. The Hall–Kier alpha value is -6.02. The van der Waals surface area contributed by atoms with Gasteiger partial charge in [-0.25, -0.2) is 13.8 Å². The smallest absolute Gasteiger partial charge is 0.409 e. The van der Waals surface area contributed by atoms with Crippen LogP contribution >= 0.6 is 0 Å². The molecular weight excluding hydrogens is 653 g/mol. The Morgan fingerprint density at radius 3 is 2.33 bits per heavy atom. The monoisotopic (exact) mass is 685 g/mol. The number of oxime groups is 1. The fourth-order valence-corrected chi connectivity index (χ4v) is 4.32. The second-order valence-electron chi connectivity index (χ2n) is 10.7. The van der Waals surface area contributed by atoms with Crippen molar-refractivity contribution in [1.82, 2.24) is 14.9 Å². The Kier molecular flexibility index (Phi) is 12.4. The van der Waals surface area contributed by atoms with E-state index in [2.05, 4.69) is 20.8 Å². The molecule has 0 aliphatic rings. The van der Waals surface area contributed by atoms with Crippen LogP contribution in [0.15, 0.2) is 70.7 Å². The summed E-state index contributed by atoms with van der Waals surface area (Å²) in [7, 11) is 0. The van der Waals surface area contributed by atoms with Gasteiger partial charge in [0.2, 0.25) is 5.91 Å². The summed E-state index contributed by atoms with van der Waals surface area (Å²) in [6.45, 7) is 3.08. The van der Waals surface area contributed by atoms with E-state index in [0.29, 0.717) is 17.7 Å². The maximum atomic E-state index is 14.2. The van der Waals surface area contributed by atoms with Crippen LogP contribution in [0.1, 0.15) is 41.7 Å². The number of rotatable bonds is 9. The standard InChI is InChI=1S/C24H25F4N7O3.C8H7FN2/c1-12(2)33-22-23(37)35(19(10-32-22)14-6-15(24(26,27)28)8-16(29)7-14)11-20(36)31-9-13-3-4-17(18(25)5-13)21(30)34-38;9-8-3-6(4-10)1-2-7(8)5-11/h3-8,10,12,38H,9,11,29H2,1-2H3,(H2,30,34)(H,31,36)(H,32,33);1-3H,4,10H2. The highest BCUT2D eigenvalue weighted by Crippen LogP contribution is 2.34. The lowest BCUT2D eigenvalue weighted by atomic mass is 10.1. The van der Waals surface area contributed by atoms with Crippen LogP contribution in [0.5, 0.6) is 0 Å². The number of nitriles is 1. The molecular formula is C32H32F5N9O3. The minimum atomic E-state index is -4.70. The van der Waals surface area contributed by atoms with Crippen LogP contribution in [0.2, 0.25) is 0 Å². The molecule has 0 bridgehead atoms. The van der Waals surface area contributed by atoms with E-state index in [1.165, 1.54) is 36.5 Å². The number of benzene rings is 3. The number of nitrogens with zero attached hydrogens (tertiary/aromatic N) is 4. The van der Waals surface area contributed by atoms with E-state index in [9.17, 15) is 31.5 Å². The van der Waals surface area contributed by atoms with Crippen LogP contribution in [0, 0.1) is 23.0 Å². The summed E-state index contributed by atoms with van der Waals surface area (Å²) in [6, 6.07) is 12.5. The number of anilines is 2. The lowest BCUT2D eigenvalue weighted by Gasteiger charge is -2.17. The average molecular weight is 686 g/mol. The second kappa shape index (κ2) is 16.2. The van der Waals surface area contributed by atoms with Crippen molar-refractivity contribution in [2.75, 3.05) is 11.1 Å². The molecule has 1 amide bonds. The molecule has 1 heterocycles. The normalized spacial score (nSPS) is 11.4. The fraction of sp³-hybridized carbons (Fsp3) is 0.219. The zero-order chi connectivity index (χ0) is 36.5. The maximum absolute atomic E-state index is 14.2. The van der Waals surface area contributed by atoms with Gasteiger partial charge in [-0.15, -0.1) is 0 Å². The Morgan fingerprint density at radius 2 is 1.76 bits per heavy atom. The number of nitrogens with one attached hydrogen (secondary N) is 2. The highest BCUT2D eigenvalue weighted by molar-refractivity contribution is 5.97. The van der Waals surface area contributed by atoms with Crippen molar-refractivity contribution < 1.29 is 32.0 Å². The van der Waals surface area contributed by atoms with E-state index in [4.69, 9.17) is 27.7 Å². The van der Waals surface area contributed by atoms with E-state index in [1.807, 2.05) is 0 Å². The molecule has 0 saturated carbocycles. The minimum absolute atomic E-state index is 0.0576. The maximum Gasteiger partial charge on any atom is 0.416 e. The summed E-state index contributed by atoms with van der Waals surface area (Å²) in [6.07, 6.45) is -3.52. The number of nitrogens with two attached hydrogens (primary N) is 3. The number of amides is 1. The molecule has 0 saturated heterocycles. The summed E-state index contributed by atoms with van der Waals surface area (Å²) >= 11 is 0. The van der Waals surface area contributed by atoms with E-state index in [0.717, 1.165) is 22.8 Å². The molecule has 17 heteroatoms. The van der Waals surface area contributed by atoms with Gasteiger partial charge in [0.1, 0.15) is 24.2 Å². The highest BCUT2D eigenvalue weighted by Gasteiger charge is 2.31. The molecule has 0 atom stereocenters.